The molecule has 1 aliphatic rings. The van der Waals surface area contributed by atoms with E-state index in [1.165, 1.54) is 0 Å². The first-order valence-electron chi connectivity index (χ1n) is 9.78. The fourth-order valence-corrected chi connectivity index (χ4v) is 2.03. The average Bonchev–Trinajstić information content (AvgIpc) is 2.66. The molecule has 8 heteroatoms. The fourth-order valence-electron chi connectivity index (χ4n) is 2.03. The zero-order valence-corrected chi connectivity index (χ0v) is 18.6. The summed E-state index contributed by atoms with van der Waals surface area (Å²) in [6.07, 6.45) is 2.76. The molecule has 1 aromatic rings. The summed E-state index contributed by atoms with van der Waals surface area (Å²) in [6.45, 7) is 11.5. The van der Waals surface area contributed by atoms with Crippen LogP contribution in [0.4, 0.5) is 4.79 Å². The molecule has 30 heavy (non-hydrogen) atoms. The van der Waals surface area contributed by atoms with Crippen LogP contribution in [0.1, 0.15) is 47.1 Å². The summed E-state index contributed by atoms with van der Waals surface area (Å²) in [5.74, 6) is -0.570. The lowest BCUT2D eigenvalue weighted by molar-refractivity contribution is -0.157. The van der Waals surface area contributed by atoms with E-state index in [-0.39, 0.29) is 24.5 Å². The van der Waals surface area contributed by atoms with Gasteiger partial charge >= 0.3 is 12.1 Å². The molecule has 0 saturated heterocycles. The topological polar surface area (TPSA) is 106 Å². The van der Waals surface area contributed by atoms with E-state index in [1.807, 2.05) is 51.1 Å². The maximum absolute atomic E-state index is 11.5. The van der Waals surface area contributed by atoms with Gasteiger partial charge in [0, 0.05) is 24.4 Å². The Morgan fingerprint density at radius 3 is 2.17 bits per heavy atom. The molecule has 1 atom stereocenters. The zero-order valence-electron chi connectivity index (χ0n) is 18.6. The molecular formula is C22H33N3O5. The van der Waals surface area contributed by atoms with Crippen LogP contribution < -0.4 is 16.0 Å². The quantitative estimate of drug-likeness (QED) is 0.647. The van der Waals surface area contributed by atoms with E-state index in [9.17, 15) is 14.4 Å². The summed E-state index contributed by atoms with van der Waals surface area (Å²) in [7, 11) is 0. The number of carbonyl (C=O) groups excluding carboxylic acids is 3. The van der Waals surface area contributed by atoms with Crippen molar-refractivity contribution in [3.63, 3.8) is 0 Å². The van der Waals surface area contributed by atoms with Crippen molar-refractivity contribution >= 4 is 18.0 Å². The largest absolute Gasteiger partial charge is 0.458 e. The predicted octanol–water partition coefficient (Wildman–Crippen LogP) is 2.85. The Balaban J connectivity index is 0.000000311. The van der Waals surface area contributed by atoms with E-state index in [2.05, 4.69) is 16.0 Å². The average molecular weight is 420 g/mol. The standard InChI is InChI=1S/C13H17NO3.C9H16N2O2/c1-13(2,3)11(15)14-12(16)17-9-10-7-5-4-6-8-10;1-9(2,3)13-8(12)7-6-10-4-5-11-7/h4-8H,9H2,1-3H3,(H,14,15,16);4-5,7,10-11H,6H2,1-3H3. The lowest BCUT2D eigenvalue weighted by Crippen LogP contribution is -2.46. The second kappa shape index (κ2) is 11.2. The van der Waals surface area contributed by atoms with Crippen LogP contribution >= 0.6 is 0 Å². The highest BCUT2D eigenvalue weighted by atomic mass is 16.6. The Kier molecular flexibility index (Phi) is 9.36. The van der Waals surface area contributed by atoms with Gasteiger partial charge in [0.05, 0.1) is 0 Å². The van der Waals surface area contributed by atoms with Crippen molar-refractivity contribution in [1.82, 2.24) is 16.0 Å². The van der Waals surface area contributed by atoms with Crippen molar-refractivity contribution in [2.75, 3.05) is 6.54 Å². The molecule has 166 valence electrons. The van der Waals surface area contributed by atoms with Gasteiger partial charge in [-0.2, -0.15) is 0 Å². The van der Waals surface area contributed by atoms with Crippen LogP contribution in [0.25, 0.3) is 0 Å². The number of alkyl carbamates (subject to hydrolysis) is 1. The fraction of sp³-hybridized carbons (Fsp3) is 0.500. The molecule has 0 fully saturated rings. The summed E-state index contributed by atoms with van der Waals surface area (Å²) in [4.78, 5) is 34.2. The van der Waals surface area contributed by atoms with Crippen LogP contribution in [0.5, 0.6) is 0 Å². The highest BCUT2D eigenvalue weighted by Gasteiger charge is 2.25. The molecule has 0 spiro atoms. The number of hydrogen-bond acceptors (Lipinski definition) is 7. The minimum Gasteiger partial charge on any atom is -0.458 e. The Hall–Kier alpha value is -3.03. The molecule has 2 rings (SSSR count). The number of nitrogens with one attached hydrogen (secondary N) is 3. The monoisotopic (exact) mass is 419 g/mol. The number of benzene rings is 1. The smallest absolute Gasteiger partial charge is 0.414 e. The van der Waals surface area contributed by atoms with E-state index in [0.717, 1.165) is 5.56 Å². The summed E-state index contributed by atoms with van der Waals surface area (Å²) in [5.41, 5.74) is -0.142. The maximum atomic E-state index is 11.5. The van der Waals surface area contributed by atoms with Crippen LogP contribution in [-0.4, -0.2) is 36.2 Å². The van der Waals surface area contributed by atoms with Gasteiger partial charge < -0.3 is 20.1 Å². The van der Waals surface area contributed by atoms with Gasteiger partial charge in [0.2, 0.25) is 5.91 Å². The first-order valence-corrected chi connectivity index (χ1v) is 9.78. The predicted molar refractivity (Wildman–Crippen MR) is 114 cm³/mol. The van der Waals surface area contributed by atoms with Crippen molar-refractivity contribution in [1.29, 1.82) is 0 Å². The summed E-state index contributed by atoms with van der Waals surface area (Å²) in [5, 5.41) is 8.07. The molecule has 0 aliphatic carbocycles. The first kappa shape index (κ1) is 25.0. The van der Waals surface area contributed by atoms with Gasteiger partial charge in [-0.05, 0) is 26.3 Å². The van der Waals surface area contributed by atoms with Gasteiger partial charge in [-0.1, -0.05) is 51.1 Å². The molecule has 1 aliphatic heterocycles. The van der Waals surface area contributed by atoms with Gasteiger partial charge in [-0.3, -0.25) is 10.1 Å². The van der Waals surface area contributed by atoms with E-state index in [1.54, 1.807) is 33.2 Å². The minimum absolute atomic E-state index is 0.157. The molecule has 3 N–H and O–H groups in total. The molecule has 0 bridgehead atoms. The van der Waals surface area contributed by atoms with Gasteiger partial charge in [-0.15, -0.1) is 0 Å². The van der Waals surface area contributed by atoms with Gasteiger partial charge in [0.1, 0.15) is 18.2 Å². The molecule has 1 unspecified atom stereocenters. The molecule has 0 aromatic heterocycles. The molecule has 1 heterocycles. The summed E-state index contributed by atoms with van der Waals surface area (Å²) < 4.78 is 10.1. The minimum atomic E-state index is -0.714. The van der Waals surface area contributed by atoms with Crippen LogP contribution in [0.15, 0.2) is 42.7 Å². The third-order valence-electron chi connectivity index (χ3n) is 3.62. The second-order valence-electron chi connectivity index (χ2n) is 8.76. The van der Waals surface area contributed by atoms with Gasteiger partial charge in [-0.25, -0.2) is 9.59 Å². The number of imide groups is 1. The Bertz CT molecular complexity index is 733. The number of carbonyl (C=O) groups is 3. The van der Waals surface area contributed by atoms with Crippen molar-refractivity contribution in [2.45, 2.75) is 59.8 Å². The SMILES string of the molecule is CC(C)(C)C(=O)NC(=O)OCc1ccccc1.CC(C)(C)OC(=O)C1CNC=CN1. The van der Waals surface area contributed by atoms with Gasteiger partial charge in [0.25, 0.3) is 0 Å². The van der Waals surface area contributed by atoms with E-state index in [4.69, 9.17) is 9.47 Å². The molecular weight excluding hydrogens is 386 g/mol. The molecule has 8 nitrogen and oxygen atoms in total. The summed E-state index contributed by atoms with van der Waals surface area (Å²) >= 11 is 0. The molecule has 2 amide bonds. The second-order valence-corrected chi connectivity index (χ2v) is 8.76. The molecule has 0 saturated carbocycles. The Morgan fingerprint density at radius 1 is 1.03 bits per heavy atom. The normalized spacial score (nSPS) is 15.5. The van der Waals surface area contributed by atoms with Crippen molar-refractivity contribution in [2.24, 2.45) is 5.41 Å². The highest BCUT2D eigenvalue weighted by molar-refractivity contribution is 5.94. The summed E-state index contributed by atoms with van der Waals surface area (Å²) in [6, 6.07) is 9.02. The van der Waals surface area contributed by atoms with Crippen molar-refractivity contribution in [3.05, 3.63) is 48.3 Å². The lowest BCUT2D eigenvalue weighted by Gasteiger charge is -2.25. The van der Waals surface area contributed by atoms with Gasteiger partial charge in [0.15, 0.2) is 0 Å². The van der Waals surface area contributed by atoms with E-state index >= 15 is 0 Å². The van der Waals surface area contributed by atoms with Crippen LogP contribution in [0.3, 0.4) is 0 Å². The van der Waals surface area contributed by atoms with Crippen LogP contribution in [0.2, 0.25) is 0 Å². The third kappa shape index (κ3) is 10.5. The van der Waals surface area contributed by atoms with Crippen molar-refractivity contribution in [3.8, 4) is 0 Å². The first-order chi connectivity index (χ1) is 13.9. The Morgan fingerprint density at radius 2 is 1.67 bits per heavy atom. The molecule has 1 aromatic carbocycles. The Labute approximate surface area is 178 Å². The maximum Gasteiger partial charge on any atom is 0.414 e. The van der Waals surface area contributed by atoms with Crippen LogP contribution in [0, 0.1) is 5.41 Å². The number of rotatable bonds is 3. The number of amides is 2. The highest BCUT2D eigenvalue weighted by Crippen LogP contribution is 2.12. The van der Waals surface area contributed by atoms with Crippen LogP contribution in [-0.2, 0) is 25.7 Å². The third-order valence-corrected chi connectivity index (χ3v) is 3.62. The lowest BCUT2D eigenvalue weighted by atomic mass is 9.96. The number of esters is 1. The van der Waals surface area contributed by atoms with Crippen molar-refractivity contribution < 1.29 is 23.9 Å². The van der Waals surface area contributed by atoms with E-state index in [0.29, 0.717) is 6.54 Å². The number of hydrogen-bond donors (Lipinski definition) is 3. The van der Waals surface area contributed by atoms with E-state index < -0.39 is 17.1 Å². The molecule has 0 radical (unpaired) electrons. The number of ether oxygens (including phenoxy) is 2. The zero-order chi connectivity index (χ0) is 22.8.